The normalized spacial score (nSPS) is 15.8. The number of methoxy groups -OCH3 is 1. The van der Waals surface area contributed by atoms with Crippen LogP contribution in [-0.2, 0) is 0 Å². The molecule has 9 heteroatoms. The summed E-state index contributed by atoms with van der Waals surface area (Å²) < 4.78 is 12.7. The lowest BCUT2D eigenvalue weighted by molar-refractivity contribution is 0.0706. The Morgan fingerprint density at radius 1 is 1.22 bits per heavy atom. The van der Waals surface area contributed by atoms with E-state index in [1.807, 2.05) is 36.5 Å². The van der Waals surface area contributed by atoms with Crippen LogP contribution in [0.3, 0.4) is 0 Å². The summed E-state index contributed by atoms with van der Waals surface area (Å²) in [5, 5.41) is 8.99. The highest BCUT2D eigenvalue weighted by Gasteiger charge is 2.35. The molecule has 32 heavy (non-hydrogen) atoms. The van der Waals surface area contributed by atoms with Gasteiger partial charge in [-0.3, -0.25) is 4.79 Å². The van der Waals surface area contributed by atoms with Gasteiger partial charge in [-0.1, -0.05) is 35.0 Å². The molecular formula is C23H20ClN5O3. The average molecular weight is 450 g/mol. The average Bonchev–Trinajstić information content (AvgIpc) is 3.59. The SMILES string of the molecule is COc1ccc(Cl)cc1C(=O)N1CCCC1c1nc(-c2cnn(-c3ccccc3)c2)no1. The summed E-state index contributed by atoms with van der Waals surface area (Å²) >= 11 is 6.12. The lowest BCUT2D eigenvalue weighted by Crippen LogP contribution is -2.31. The number of amides is 1. The Labute approximate surface area is 189 Å². The van der Waals surface area contributed by atoms with Gasteiger partial charge < -0.3 is 14.2 Å². The zero-order chi connectivity index (χ0) is 22.1. The lowest BCUT2D eigenvalue weighted by atomic mass is 10.1. The third-order valence-corrected chi connectivity index (χ3v) is 5.73. The first-order valence-corrected chi connectivity index (χ1v) is 10.6. The minimum Gasteiger partial charge on any atom is -0.496 e. The van der Waals surface area contributed by atoms with E-state index in [2.05, 4.69) is 15.2 Å². The number of hydrogen-bond donors (Lipinski definition) is 0. The highest BCUT2D eigenvalue weighted by molar-refractivity contribution is 6.31. The molecule has 2 aromatic heterocycles. The number of ether oxygens (including phenoxy) is 1. The standard InChI is InChI=1S/C23H20ClN5O3/c1-31-20-10-9-16(24)12-18(20)23(30)28-11-5-8-19(28)22-26-21(27-32-22)15-13-25-29(14-15)17-6-3-2-4-7-17/h2-4,6-7,9-10,12-14,19H,5,8,11H2,1H3. The molecule has 8 nitrogen and oxygen atoms in total. The number of halogens is 1. The molecule has 0 spiro atoms. The summed E-state index contributed by atoms with van der Waals surface area (Å²) in [7, 11) is 1.53. The number of aromatic nitrogens is 4. The van der Waals surface area contributed by atoms with Gasteiger partial charge in [0.2, 0.25) is 11.7 Å². The van der Waals surface area contributed by atoms with E-state index >= 15 is 0 Å². The number of carbonyl (C=O) groups excluding carboxylic acids is 1. The Morgan fingerprint density at radius 3 is 2.88 bits per heavy atom. The molecular weight excluding hydrogens is 430 g/mol. The molecule has 1 unspecified atom stereocenters. The van der Waals surface area contributed by atoms with E-state index in [4.69, 9.17) is 20.9 Å². The molecule has 1 aliphatic heterocycles. The van der Waals surface area contributed by atoms with Crippen molar-refractivity contribution in [3.05, 3.63) is 77.4 Å². The second kappa shape index (κ2) is 8.47. The largest absolute Gasteiger partial charge is 0.496 e. The molecule has 0 saturated carbocycles. The minimum absolute atomic E-state index is 0.177. The van der Waals surface area contributed by atoms with E-state index in [-0.39, 0.29) is 11.9 Å². The maximum absolute atomic E-state index is 13.3. The van der Waals surface area contributed by atoms with Crippen LogP contribution in [0.2, 0.25) is 5.02 Å². The predicted octanol–water partition coefficient (Wildman–Crippen LogP) is 4.56. The second-order valence-corrected chi connectivity index (χ2v) is 7.90. The Hall–Kier alpha value is -3.65. The molecule has 162 valence electrons. The van der Waals surface area contributed by atoms with E-state index in [0.717, 1.165) is 24.1 Å². The summed E-state index contributed by atoms with van der Waals surface area (Å²) in [6, 6.07) is 14.5. The third-order valence-electron chi connectivity index (χ3n) is 5.49. The molecule has 1 saturated heterocycles. The van der Waals surface area contributed by atoms with Gasteiger partial charge in [-0.25, -0.2) is 4.68 Å². The van der Waals surface area contributed by atoms with Gasteiger partial charge in [0.15, 0.2) is 0 Å². The van der Waals surface area contributed by atoms with Crippen molar-refractivity contribution in [2.45, 2.75) is 18.9 Å². The van der Waals surface area contributed by atoms with Crippen molar-refractivity contribution >= 4 is 17.5 Å². The van der Waals surface area contributed by atoms with Crippen LogP contribution >= 0.6 is 11.6 Å². The number of likely N-dealkylation sites (tertiary alicyclic amines) is 1. The van der Waals surface area contributed by atoms with Crippen molar-refractivity contribution in [3.8, 4) is 22.8 Å². The van der Waals surface area contributed by atoms with Gasteiger partial charge in [0.25, 0.3) is 5.91 Å². The van der Waals surface area contributed by atoms with Gasteiger partial charge in [0.1, 0.15) is 11.8 Å². The third kappa shape index (κ3) is 3.73. The van der Waals surface area contributed by atoms with E-state index in [1.54, 1.807) is 34.0 Å². The molecule has 0 radical (unpaired) electrons. The number of para-hydroxylation sites is 1. The van der Waals surface area contributed by atoms with E-state index in [0.29, 0.717) is 34.6 Å². The lowest BCUT2D eigenvalue weighted by Gasteiger charge is -2.23. The van der Waals surface area contributed by atoms with Crippen LogP contribution in [0.25, 0.3) is 17.1 Å². The maximum Gasteiger partial charge on any atom is 0.258 e. The summed E-state index contributed by atoms with van der Waals surface area (Å²) in [5.74, 6) is 1.13. The monoisotopic (exact) mass is 449 g/mol. The van der Waals surface area contributed by atoms with Gasteiger partial charge in [0, 0.05) is 17.8 Å². The van der Waals surface area contributed by atoms with Gasteiger partial charge >= 0.3 is 0 Å². The molecule has 1 atom stereocenters. The van der Waals surface area contributed by atoms with Crippen LogP contribution in [-0.4, -0.2) is 44.4 Å². The first-order valence-electron chi connectivity index (χ1n) is 10.2. The van der Waals surface area contributed by atoms with Crippen LogP contribution < -0.4 is 4.74 Å². The quantitative estimate of drug-likeness (QED) is 0.444. The molecule has 1 amide bonds. The minimum atomic E-state index is -0.309. The van der Waals surface area contributed by atoms with E-state index in [1.165, 1.54) is 7.11 Å². The molecule has 2 aromatic carbocycles. The number of nitrogens with zero attached hydrogens (tertiary/aromatic N) is 5. The zero-order valence-corrected chi connectivity index (χ0v) is 18.1. The first kappa shape index (κ1) is 20.3. The van der Waals surface area contributed by atoms with Crippen molar-refractivity contribution in [2.24, 2.45) is 0 Å². The second-order valence-electron chi connectivity index (χ2n) is 7.47. The van der Waals surface area contributed by atoms with Crippen LogP contribution in [0.4, 0.5) is 0 Å². The summed E-state index contributed by atoms with van der Waals surface area (Å²) in [4.78, 5) is 19.6. The number of hydrogen-bond acceptors (Lipinski definition) is 6. The molecule has 5 rings (SSSR count). The Balaban J connectivity index is 1.40. The van der Waals surface area contributed by atoms with Crippen molar-refractivity contribution in [1.29, 1.82) is 0 Å². The zero-order valence-electron chi connectivity index (χ0n) is 17.3. The molecule has 0 N–H and O–H groups in total. The van der Waals surface area contributed by atoms with Crippen molar-refractivity contribution in [3.63, 3.8) is 0 Å². The molecule has 0 aliphatic carbocycles. The van der Waals surface area contributed by atoms with Gasteiger partial charge in [0.05, 0.1) is 30.1 Å². The highest BCUT2D eigenvalue weighted by atomic mass is 35.5. The summed E-state index contributed by atoms with van der Waals surface area (Å²) in [6.45, 7) is 0.586. The topological polar surface area (TPSA) is 86.3 Å². The molecule has 4 aromatic rings. The van der Waals surface area contributed by atoms with E-state index < -0.39 is 0 Å². The van der Waals surface area contributed by atoms with Gasteiger partial charge in [-0.2, -0.15) is 10.1 Å². The number of rotatable bonds is 5. The van der Waals surface area contributed by atoms with Gasteiger partial charge in [-0.15, -0.1) is 0 Å². The first-order chi connectivity index (χ1) is 15.6. The van der Waals surface area contributed by atoms with Crippen LogP contribution in [0, 0.1) is 0 Å². The maximum atomic E-state index is 13.3. The van der Waals surface area contributed by atoms with Crippen molar-refractivity contribution < 1.29 is 14.1 Å². The van der Waals surface area contributed by atoms with Gasteiger partial charge in [-0.05, 0) is 43.2 Å². The Morgan fingerprint density at radius 2 is 2.06 bits per heavy atom. The predicted molar refractivity (Wildman–Crippen MR) is 118 cm³/mol. The van der Waals surface area contributed by atoms with E-state index in [9.17, 15) is 4.79 Å². The molecule has 1 aliphatic rings. The molecule has 1 fully saturated rings. The fourth-order valence-electron chi connectivity index (χ4n) is 3.92. The number of carbonyl (C=O) groups is 1. The molecule has 3 heterocycles. The Kier molecular flexibility index (Phi) is 5.36. The Bertz CT molecular complexity index is 1250. The highest BCUT2D eigenvalue weighted by Crippen LogP contribution is 2.35. The van der Waals surface area contributed by atoms with Crippen LogP contribution in [0.15, 0.2) is 65.4 Å². The summed E-state index contributed by atoms with van der Waals surface area (Å²) in [5.41, 5.74) is 2.08. The van der Waals surface area contributed by atoms with Crippen LogP contribution in [0.5, 0.6) is 5.75 Å². The van der Waals surface area contributed by atoms with Crippen molar-refractivity contribution in [1.82, 2.24) is 24.8 Å². The van der Waals surface area contributed by atoms with Crippen molar-refractivity contribution in [2.75, 3.05) is 13.7 Å². The smallest absolute Gasteiger partial charge is 0.258 e. The summed E-state index contributed by atoms with van der Waals surface area (Å²) in [6.07, 6.45) is 5.11. The fourth-order valence-corrected chi connectivity index (χ4v) is 4.09. The van der Waals surface area contributed by atoms with Crippen LogP contribution in [0.1, 0.15) is 35.1 Å². The fraction of sp³-hybridized carbons (Fsp3) is 0.217. The molecule has 0 bridgehead atoms. The number of benzene rings is 2.